The van der Waals surface area contributed by atoms with E-state index in [2.05, 4.69) is 10.3 Å². The summed E-state index contributed by atoms with van der Waals surface area (Å²) in [6, 6.07) is 13.1. The minimum Gasteiger partial charge on any atom is -0.383 e. The van der Waals surface area contributed by atoms with Gasteiger partial charge in [0.2, 0.25) is 5.91 Å². The Labute approximate surface area is 171 Å². The number of methoxy groups -OCH3 is 1. The fourth-order valence-corrected chi connectivity index (χ4v) is 4.49. The Morgan fingerprint density at radius 2 is 2.04 bits per heavy atom. The SMILES string of the molecule is COCCn1c(=NC(=O)c2ccccc2SC)sc2cc(NC(C)=O)ccc21. The van der Waals surface area contributed by atoms with Gasteiger partial charge in [0, 0.05) is 31.2 Å². The summed E-state index contributed by atoms with van der Waals surface area (Å²) in [6.07, 6.45) is 1.94. The summed E-state index contributed by atoms with van der Waals surface area (Å²) in [7, 11) is 1.64. The standard InChI is InChI=1S/C20H21N3O3S2/c1-13(24)21-14-8-9-16-18(12-14)28-20(23(16)10-11-26-2)22-19(25)15-6-4-5-7-17(15)27-3/h4-9,12H,10-11H2,1-3H3,(H,21,24). The van der Waals surface area contributed by atoms with Crippen molar-refractivity contribution >= 4 is 50.8 Å². The highest BCUT2D eigenvalue weighted by Crippen LogP contribution is 2.23. The summed E-state index contributed by atoms with van der Waals surface area (Å²) in [5.74, 6) is -0.401. The van der Waals surface area contributed by atoms with Crippen LogP contribution < -0.4 is 10.1 Å². The van der Waals surface area contributed by atoms with Crippen LogP contribution in [0.15, 0.2) is 52.4 Å². The largest absolute Gasteiger partial charge is 0.383 e. The van der Waals surface area contributed by atoms with Crippen molar-refractivity contribution in [2.24, 2.45) is 4.99 Å². The van der Waals surface area contributed by atoms with Crippen LogP contribution in [0, 0.1) is 0 Å². The number of amides is 2. The molecule has 1 heterocycles. The number of thioether (sulfide) groups is 1. The molecule has 0 aliphatic carbocycles. The zero-order chi connectivity index (χ0) is 20.1. The number of aromatic nitrogens is 1. The van der Waals surface area contributed by atoms with Crippen molar-refractivity contribution in [1.29, 1.82) is 0 Å². The molecule has 0 radical (unpaired) electrons. The van der Waals surface area contributed by atoms with Crippen molar-refractivity contribution in [3.63, 3.8) is 0 Å². The van der Waals surface area contributed by atoms with Crippen LogP contribution in [0.1, 0.15) is 17.3 Å². The molecule has 1 aromatic heterocycles. The van der Waals surface area contributed by atoms with Gasteiger partial charge in [0.1, 0.15) is 0 Å². The lowest BCUT2D eigenvalue weighted by Gasteiger charge is -2.06. The van der Waals surface area contributed by atoms with Gasteiger partial charge in [-0.3, -0.25) is 9.59 Å². The number of hydrogen-bond acceptors (Lipinski definition) is 5. The Morgan fingerprint density at radius 1 is 1.25 bits per heavy atom. The zero-order valence-corrected chi connectivity index (χ0v) is 17.5. The molecule has 2 amide bonds. The third-order valence-electron chi connectivity index (χ3n) is 4.06. The van der Waals surface area contributed by atoms with E-state index in [1.807, 2.05) is 47.2 Å². The number of nitrogens with zero attached hydrogens (tertiary/aromatic N) is 2. The smallest absolute Gasteiger partial charge is 0.280 e. The summed E-state index contributed by atoms with van der Waals surface area (Å²) in [4.78, 5) is 30.1. The molecule has 0 unspecified atom stereocenters. The first-order valence-corrected chi connectivity index (χ1v) is 10.7. The lowest BCUT2D eigenvalue weighted by Crippen LogP contribution is -2.19. The number of nitrogens with one attached hydrogen (secondary N) is 1. The van der Waals surface area contributed by atoms with Gasteiger partial charge in [-0.25, -0.2) is 0 Å². The van der Waals surface area contributed by atoms with Gasteiger partial charge in [0.05, 0.1) is 22.4 Å². The van der Waals surface area contributed by atoms with Crippen molar-refractivity contribution in [3.05, 3.63) is 52.8 Å². The Bertz CT molecular complexity index is 1090. The first kappa shape index (κ1) is 20.3. The Hall–Kier alpha value is -2.42. The fraction of sp³-hybridized carbons (Fsp3) is 0.250. The lowest BCUT2D eigenvalue weighted by molar-refractivity contribution is -0.114. The van der Waals surface area contributed by atoms with Crippen LogP contribution in [0.25, 0.3) is 10.2 Å². The van der Waals surface area contributed by atoms with Crippen LogP contribution >= 0.6 is 23.1 Å². The number of ether oxygens (including phenoxy) is 1. The maximum absolute atomic E-state index is 12.8. The maximum Gasteiger partial charge on any atom is 0.280 e. The molecule has 1 N–H and O–H groups in total. The summed E-state index contributed by atoms with van der Waals surface area (Å²) in [5.41, 5.74) is 2.25. The summed E-state index contributed by atoms with van der Waals surface area (Å²) >= 11 is 2.93. The van der Waals surface area contributed by atoms with Gasteiger partial charge < -0.3 is 14.6 Å². The number of carbonyl (C=O) groups excluding carboxylic acids is 2. The van der Waals surface area contributed by atoms with Crippen LogP contribution in [0.2, 0.25) is 0 Å². The van der Waals surface area contributed by atoms with E-state index in [9.17, 15) is 9.59 Å². The Morgan fingerprint density at radius 3 is 2.75 bits per heavy atom. The van der Waals surface area contributed by atoms with Crippen molar-refractivity contribution in [2.45, 2.75) is 18.4 Å². The maximum atomic E-state index is 12.8. The van der Waals surface area contributed by atoms with Crippen LogP contribution in [-0.4, -0.2) is 36.4 Å². The molecule has 8 heteroatoms. The minimum absolute atomic E-state index is 0.128. The first-order valence-electron chi connectivity index (χ1n) is 8.65. The molecule has 0 spiro atoms. The highest BCUT2D eigenvalue weighted by Gasteiger charge is 2.12. The monoisotopic (exact) mass is 415 g/mol. The predicted molar refractivity (Wildman–Crippen MR) is 114 cm³/mol. The van der Waals surface area contributed by atoms with Crippen molar-refractivity contribution in [3.8, 4) is 0 Å². The molecule has 0 atom stereocenters. The minimum atomic E-state index is -0.273. The van der Waals surface area contributed by atoms with Gasteiger partial charge in [-0.15, -0.1) is 11.8 Å². The van der Waals surface area contributed by atoms with Gasteiger partial charge >= 0.3 is 0 Å². The number of anilines is 1. The zero-order valence-electron chi connectivity index (χ0n) is 15.9. The van der Waals surface area contributed by atoms with E-state index >= 15 is 0 Å². The average Bonchev–Trinajstić information content (AvgIpc) is 3.01. The third kappa shape index (κ3) is 4.52. The molecule has 146 valence electrons. The van der Waals surface area contributed by atoms with Gasteiger partial charge in [0.15, 0.2) is 4.80 Å². The molecule has 0 saturated carbocycles. The Balaban J connectivity index is 2.10. The second-order valence-electron chi connectivity index (χ2n) is 6.01. The van der Waals surface area contributed by atoms with Gasteiger partial charge in [0.25, 0.3) is 5.91 Å². The van der Waals surface area contributed by atoms with E-state index in [0.29, 0.717) is 29.2 Å². The summed E-state index contributed by atoms with van der Waals surface area (Å²) < 4.78 is 8.13. The Kier molecular flexibility index (Phi) is 6.66. The number of thiazole rings is 1. The summed E-state index contributed by atoms with van der Waals surface area (Å²) in [6.45, 7) is 2.55. The van der Waals surface area contributed by atoms with E-state index in [4.69, 9.17) is 4.74 Å². The van der Waals surface area contributed by atoms with Crippen LogP contribution in [0.4, 0.5) is 5.69 Å². The molecule has 0 aliphatic rings. The highest BCUT2D eigenvalue weighted by molar-refractivity contribution is 7.98. The van der Waals surface area contributed by atoms with Crippen LogP contribution in [0.3, 0.4) is 0 Å². The molecule has 0 bridgehead atoms. The van der Waals surface area contributed by atoms with E-state index in [1.54, 1.807) is 13.2 Å². The van der Waals surface area contributed by atoms with Crippen molar-refractivity contribution < 1.29 is 14.3 Å². The number of hydrogen-bond donors (Lipinski definition) is 1. The van der Waals surface area contributed by atoms with E-state index in [-0.39, 0.29) is 11.8 Å². The number of carbonyl (C=O) groups is 2. The van der Waals surface area contributed by atoms with Crippen molar-refractivity contribution in [1.82, 2.24) is 4.57 Å². The van der Waals surface area contributed by atoms with Gasteiger partial charge in [-0.05, 0) is 36.6 Å². The quantitative estimate of drug-likeness (QED) is 0.622. The molecule has 3 aromatic rings. The highest BCUT2D eigenvalue weighted by atomic mass is 32.2. The van der Waals surface area contributed by atoms with Gasteiger partial charge in [-0.1, -0.05) is 23.5 Å². The molecular weight excluding hydrogens is 394 g/mol. The topological polar surface area (TPSA) is 72.7 Å². The molecule has 0 fully saturated rings. The van der Waals surface area contributed by atoms with E-state index in [1.165, 1.54) is 30.0 Å². The molecule has 28 heavy (non-hydrogen) atoms. The van der Waals surface area contributed by atoms with Crippen LogP contribution in [0.5, 0.6) is 0 Å². The molecule has 6 nitrogen and oxygen atoms in total. The molecule has 0 aliphatic heterocycles. The number of fused-ring (bicyclic) bond motifs is 1. The predicted octanol–water partition coefficient (Wildman–Crippen LogP) is 3.77. The second kappa shape index (κ2) is 9.18. The average molecular weight is 416 g/mol. The second-order valence-corrected chi connectivity index (χ2v) is 7.87. The van der Waals surface area contributed by atoms with E-state index in [0.717, 1.165) is 15.1 Å². The normalized spacial score (nSPS) is 11.8. The molecule has 2 aromatic carbocycles. The first-order chi connectivity index (χ1) is 13.5. The number of rotatable bonds is 6. The third-order valence-corrected chi connectivity index (χ3v) is 5.89. The molecular formula is C20H21N3O3S2. The number of benzene rings is 2. The van der Waals surface area contributed by atoms with Crippen LogP contribution in [-0.2, 0) is 16.1 Å². The van der Waals surface area contributed by atoms with E-state index < -0.39 is 0 Å². The van der Waals surface area contributed by atoms with Crippen molar-refractivity contribution in [2.75, 3.05) is 25.3 Å². The van der Waals surface area contributed by atoms with Gasteiger partial charge in [-0.2, -0.15) is 4.99 Å². The fourth-order valence-electron chi connectivity index (χ4n) is 2.81. The molecule has 3 rings (SSSR count). The summed E-state index contributed by atoms with van der Waals surface area (Å²) in [5, 5.41) is 2.78. The molecule has 0 saturated heterocycles. The lowest BCUT2D eigenvalue weighted by atomic mass is 10.2.